The molecule has 3 nitrogen and oxygen atoms in total. The highest BCUT2D eigenvalue weighted by Crippen LogP contribution is 2.25. The van der Waals surface area contributed by atoms with Crippen molar-refractivity contribution < 1.29 is 8.95 Å². The Bertz CT molecular complexity index is 547. The number of likely N-dealkylation sites (tertiary alicyclic amines) is 1. The van der Waals surface area contributed by atoms with Crippen molar-refractivity contribution in [1.29, 1.82) is 0 Å². The van der Waals surface area contributed by atoms with Crippen LogP contribution in [0.25, 0.3) is 0 Å². The third-order valence-electron chi connectivity index (χ3n) is 5.10. The lowest BCUT2D eigenvalue weighted by molar-refractivity contribution is 0.223. The topological polar surface area (TPSA) is 29.5 Å². The molecule has 3 unspecified atom stereocenters. The summed E-state index contributed by atoms with van der Waals surface area (Å²) in [4.78, 5) is 3.49. The van der Waals surface area contributed by atoms with Crippen LogP contribution in [0.1, 0.15) is 33.6 Å². The van der Waals surface area contributed by atoms with Crippen molar-refractivity contribution in [2.45, 2.75) is 38.5 Å². The average molecular weight is 398 g/mol. The van der Waals surface area contributed by atoms with Gasteiger partial charge in [-0.2, -0.15) is 11.8 Å². The van der Waals surface area contributed by atoms with Crippen molar-refractivity contribution in [2.24, 2.45) is 17.8 Å². The molecule has 1 heterocycles. The molecule has 1 aromatic rings. The molecule has 0 spiro atoms. The molecule has 1 fully saturated rings. The number of rotatable bonds is 11. The monoisotopic (exact) mass is 397 g/mol. The van der Waals surface area contributed by atoms with E-state index in [2.05, 4.69) is 31.9 Å². The van der Waals surface area contributed by atoms with E-state index in [1.54, 1.807) is 11.8 Å². The van der Waals surface area contributed by atoms with Gasteiger partial charge in [-0.05, 0) is 67.5 Å². The molecule has 2 rings (SSSR count). The van der Waals surface area contributed by atoms with E-state index in [0.29, 0.717) is 11.8 Å². The van der Waals surface area contributed by atoms with Crippen molar-refractivity contribution in [3.63, 3.8) is 0 Å². The highest BCUT2D eigenvalue weighted by Gasteiger charge is 2.29. The van der Waals surface area contributed by atoms with E-state index in [1.807, 2.05) is 24.3 Å². The number of benzene rings is 1. The number of nitrogens with zero attached hydrogens (tertiary/aromatic N) is 1. The zero-order valence-corrected chi connectivity index (χ0v) is 18.4. The summed E-state index contributed by atoms with van der Waals surface area (Å²) in [7, 11) is -0.892. The number of hydrogen-bond donors (Lipinski definition) is 0. The minimum atomic E-state index is -0.892. The molecular formula is C21H35NO2S2. The fourth-order valence-electron chi connectivity index (χ4n) is 3.33. The summed E-state index contributed by atoms with van der Waals surface area (Å²) in [5.74, 6) is 4.76. The van der Waals surface area contributed by atoms with Crippen molar-refractivity contribution in [2.75, 3.05) is 44.0 Å². The third-order valence-corrected chi connectivity index (χ3v) is 7.25. The minimum Gasteiger partial charge on any atom is -0.493 e. The standard InChI is InChI=1S/C21H35NO2S2/c1-17(2)10-11-22-14-18(3)19(15-22)16-24-20-6-8-21(9-7-20)26(23)13-5-12-25-4/h6-9,17-19H,5,10-16H2,1-4H3. The summed E-state index contributed by atoms with van der Waals surface area (Å²) in [6.07, 6.45) is 4.36. The van der Waals surface area contributed by atoms with Gasteiger partial charge in [0.25, 0.3) is 0 Å². The summed E-state index contributed by atoms with van der Waals surface area (Å²) in [6.45, 7) is 11.2. The van der Waals surface area contributed by atoms with Crippen LogP contribution in [0.4, 0.5) is 0 Å². The van der Waals surface area contributed by atoms with Crippen LogP contribution in [-0.4, -0.2) is 53.1 Å². The van der Waals surface area contributed by atoms with Gasteiger partial charge >= 0.3 is 0 Å². The van der Waals surface area contributed by atoms with Crippen molar-refractivity contribution in [3.8, 4) is 5.75 Å². The van der Waals surface area contributed by atoms with Gasteiger partial charge in [0.15, 0.2) is 0 Å². The maximum atomic E-state index is 12.2. The SMILES string of the molecule is CSCCCS(=O)c1ccc(OCC2CN(CCC(C)C)CC2C)cc1. The molecule has 0 saturated carbocycles. The first-order valence-electron chi connectivity index (χ1n) is 9.82. The Morgan fingerprint density at radius 1 is 1.27 bits per heavy atom. The highest BCUT2D eigenvalue weighted by atomic mass is 32.2. The van der Waals surface area contributed by atoms with E-state index in [0.717, 1.165) is 47.6 Å². The molecule has 3 atom stereocenters. The van der Waals surface area contributed by atoms with Gasteiger partial charge in [-0.1, -0.05) is 20.8 Å². The third kappa shape index (κ3) is 7.24. The van der Waals surface area contributed by atoms with Crippen LogP contribution in [0.5, 0.6) is 5.75 Å². The lowest BCUT2D eigenvalue weighted by atomic mass is 9.99. The Morgan fingerprint density at radius 2 is 2.00 bits per heavy atom. The summed E-state index contributed by atoms with van der Waals surface area (Å²) in [6, 6.07) is 7.85. The second-order valence-corrected chi connectivity index (χ2v) is 10.4. The van der Waals surface area contributed by atoms with Crippen molar-refractivity contribution in [3.05, 3.63) is 24.3 Å². The predicted molar refractivity (Wildman–Crippen MR) is 115 cm³/mol. The fraction of sp³-hybridized carbons (Fsp3) is 0.714. The molecule has 1 saturated heterocycles. The van der Waals surface area contributed by atoms with Gasteiger partial charge in [0.05, 0.1) is 17.4 Å². The zero-order valence-electron chi connectivity index (χ0n) is 16.8. The summed E-state index contributed by atoms with van der Waals surface area (Å²) in [5, 5.41) is 0. The van der Waals surface area contributed by atoms with Crippen LogP contribution >= 0.6 is 11.8 Å². The Labute approximate surface area is 166 Å². The second kappa shape index (κ2) is 11.4. The van der Waals surface area contributed by atoms with E-state index >= 15 is 0 Å². The molecule has 148 valence electrons. The molecule has 0 bridgehead atoms. The van der Waals surface area contributed by atoms with E-state index in [9.17, 15) is 4.21 Å². The minimum absolute atomic E-state index is 0.600. The maximum Gasteiger partial charge on any atom is 0.119 e. The van der Waals surface area contributed by atoms with Gasteiger partial charge in [0.1, 0.15) is 5.75 Å². The molecule has 1 aliphatic heterocycles. The first-order valence-corrected chi connectivity index (χ1v) is 12.5. The van der Waals surface area contributed by atoms with Crippen LogP contribution in [0.3, 0.4) is 0 Å². The summed E-state index contributed by atoms with van der Waals surface area (Å²) < 4.78 is 18.3. The van der Waals surface area contributed by atoms with Gasteiger partial charge in [0, 0.05) is 29.7 Å². The van der Waals surface area contributed by atoms with Crippen LogP contribution in [0.15, 0.2) is 29.2 Å². The van der Waals surface area contributed by atoms with Crippen molar-refractivity contribution >= 4 is 22.6 Å². The Balaban J connectivity index is 1.76. The molecule has 1 aliphatic rings. The molecule has 0 N–H and O–H groups in total. The lowest BCUT2D eigenvalue weighted by Crippen LogP contribution is -2.24. The van der Waals surface area contributed by atoms with Gasteiger partial charge in [-0.3, -0.25) is 4.21 Å². The Hall–Kier alpha value is -0.520. The van der Waals surface area contributed by atoms with Crippen LogP contribution in [0.2, 0.25) is 0 Å². The van der Waals surface area contributed by atoms with Gasteiger partial charge in [0.2, 0.25) is 0 Å². The van der Waals surface area contributed by atoms with E-state index < -0.39 is 10.8 Å². The Kier molecular flexibility index (Phi) is 9.51. The molecule has 0 radical (unpaired) electrons. The molecule has 5 heteroatoms. The first kappa shape index (κ1) is 21.8. The molecular weight excluding hydrogens is 362 g/mol. The lowest BCUT2D eigenvalue weighted by Gasteiger charge is -2.17. The fourth-order valence-corrected chi connectivity index (χ4v) is 5.02. The van der Waals surface area contributed by atoms with Crippen LogP contribution in [0, 0.1) is 17.8 Å². The van der Waals surface area contributed by atoms with Gasteiger partial charge in [-0.15, -0.1) is 0 Å². The average Bonchev–Trinajstić information content (AvgIpc) is 2.98. The largest absolute Gasteiger partial charge is 0.493 e. The molecule has 26 heavy (non-hydrogen) atoms. The van der Waals surface area contributed by atoms with Crippen LogP contribution in [-0.2, 0) is 10.8 Å². The molecule has 0 aromatic heterocycles. The number of ether oxygens (including phenoxy) is 1. The highest BCUT2D eigenvalue weighted by molar-refractivity contribution is 7.98. The summed E-state index contributed by atoms with van der Waals surface area (Å²) in [5.41, 5.74) is 0. The normalized spacial score (nSPS) is 22.0. The van der Waals surface area contributed by atoms with E-state index in [1.165, 1.54) is 19.5 Å². The van der Waals surface area contributed by atoms with Gasteiger partial charge in [-0.25, -0.2) is 0 Å². The summed E-state index contributed by atoms with van der Waals surface area (Å²) >= 11 is 1.81. The van der Waals surface area contributed by atoms with E-state index in [4.69, 9.17) is 4.74 Å². The molecule has 0 amide bonds. The van der Waals surface area contributed by atoms with Gasteiger partial charge < -0.3 is 9.64 Å². The number of thioether (sulfide) groups is 1. The first-order chi connectivity index (χ1) is 12.5. The van der Waals surface area contributed by atoms with Crippen LogP contribution < -0.4 is 4.74 Å². The smallest absolute Gasteiger partial charge is 0.119 e. The zero-order chi connectivity index (χ0) is 18.9. The molecule has 0 aliphatic carbocycles. The number of hydrogen-bond acceptors (Lipinski definition) is 4. The van der Waals surface area contributed by atoms with E-state index in [-0.39, 0.29) is 0 Å². The quantitative estimate of drug-likeness (QED) is 0.513. The van der Waals surface area contributed by atoms with Crippen molar-refractivity contribution in [1.82, 2.24) is 4.90 Å². The Morgan fingerprint density at radius 3 is 2.65 bits per heavy atom. The predicted octanol–water partition coefficient (Wildman–Crippen LogP) is 4.54. The second-order valence-electron chi connectivity index (χ2n) is 7.86. The maximum absolute atomic E-state index is 12.2. The molecule has 1 aromatic carbocycles.